The van der Waals surface area contributed by atoms with Crippen LogP contribution in [0.2, 0.25) is 0 Å². The van der Waals surface area contributed by atoms with Crippen LogP contribution in [0.25, 0.3) is 11.3 Å². The zero-order chi connectivity index (χ0) is 18.0. The fourth-order valence-corrected chi connectivity index (χ4v) is 2.82. The minimum Gasteiger partial charge on any atom is -0.441 e. The van der Waals surface area contributed by atoms with E-state index in [2.05, 4.69) is 5.10 Å². The van der Waals surface area contributed by atoms with Gasteiger partial charge in [-0.15, -0.1) is 0 Å². The van der Waals surface area contributed by atoms with E-state index in [0.717, 1.165) is 17.0 Å². The largest absolute Gasteiger partial charge is 0.441 e. The molecule has 1 unspecified atom stereocenters. The number of cyclic esters (lactones) is 1. The van der Waals surface area contributed by atoms with Gasteiger partial charge in [0.2, 0.25) is 0 Å². The third-order valence-corrected chi connectivity index (χ3v) is 4.14. The maximum absolute atomic E-state index is 11.8. The molecule has 134 valence electrons. The van der Waals surface area contributed by atoms with Crippen LogP contribution in [-0.2, 0) is 21.3 Å². The molecule has 1 aliphatic heterocycles. The summed E-state index contributed by atoms with van der Waals surface area (Å²) in [7, 11) is 4.97. The maximum Gasteiger partial charge on any atom is 0.414 e. The zero-order valence-electron chi connectivity index (χ0n) is 14.4. The van der Waals surface area contributed by atoms with Gasteiger partial charge in [0.25, 0.3) is 0 Å². The Morgan fingerprint density at radius 1 is 1.32 bits per heavy atom. The molecular weight excluding hydrogens is 326 g/mol. The monoisotopic (exact) mass is 347 g/mol. The number of anilines is 1. The average molecular weight is 347 g/mol. The standard InChI is InChI=1S/C17H21N3O5/c1-19-15(16(23-2)24-3)8-14(18-19)11-4-6-12(7-5-11)20-9-13(10-21)25-17(20)22/h4-8,13,16,21H,9-10H2,1-3H3. The average Bonchev–Trinajstić information content (AvgIpc) is 3.19. The van der Waals surface area contributed by atoms with Crippen molar-refractivity contribution < 1.29 is 24.1 Å². The number of rotatable bonds is 6. The number of nitrogens with zero attached hydrogens (tertiary/aromatic N) is 3. The summed E-state index contributed by atoms with van der Waals surface area (Å²) < 4.78 is 17.3. The molecule has 1 atom stereocenters. The van der Waals surface area contributed by atoms with E-state index in [1.54, 1.807) is 18.9 Å². The van der Waals surface area contributed by atoms with Gasteiger partial charge in [-0.25, -0.2) is 4.79 Å². The molecule has 0 radical (unpaired) electrons. The maximum atomic E-state index is 11.8. The molecule has 8 nitrogen and oxygen atoms in total. The molecule has 0 saturated carbocycles. The molecule has 2 heterocycles. The molecule has 3 rings (SSSR count). The van der Waals surface area contributed by atoms with Crippen LogP contribution in [0, 0.1) is 0 Å². The van der Waals surface area contributed by atoms with Crippen molar-refractivity contribution in [2.45, 2.75) is 12.4 Å². The predicted octanol–water partition coefficient (Wildman–Crippen LogP) is 1.70. The van der Waals surface area contributed by atoms with E-state index < -0.39 is 18.5 Å². The van der Waals surface area contributed by atoms with Crippen molar-refractivity contribution in [3.63, 3.8) is 0 Å². The van der Waals surface area contributed by atoms with Gasteiger partial charge in [-0.3, -0.25) is 9.58 Å². The molecule has 25 heavy (non-hydrogen) atoms. The molecular formula is C17H21N3O5. The minimum absolute atomic E-state index is 0.183. The highest BCUT2D eigenvalue weighted by Crippen LogP contribution is 2.27. The zero-order valence-corrected chi connectivity index (χ0v) is 14.4. The van der Waals surface area contributed by atoms with Crippen molar-refractivity contribution >= 4 is 11.8 Å². The van der Waals surface area contributed by atoms with Crippen LogP contribution in [0.1, 0.15) is 12.0 Å². The van der Waals surface area contributed by atoms with Crippen molar-refractivity contribution in [1.82, 2.24) is 9.78 Å². The number of ether oxygens (including phenoxy) is 3. The van der Waals surface area contributed by atoms with Crippen molar-refractivity contribution in [2.24, 2.45) is 7.05 Å². The molecule has 0 spiro atoms. The molecule has 1 N–H and O–H groups in total. The number of carbonyl (C=O) groups is 1. The van der Waals surface area contributed by atoms with Gasteiger partial charge in [0.1, 0.15) is 6.10 Å². The van der Waals surface area contributed by atoms with Gasteiger partial charge in [0.05, 0.1) is 24.5 Å². The third kappa shape index (κ3) is 3.37. The molecule has 1 amide bonds. The number of hydrogen-bond donors (Lipinski definition) is 1. The Kier molecular flexibility index (Phi) is 5.03. The summed E-state index contributed by atoms with van der Waals surface area (Å²) in [5, 5.41) is 13.6. The van der Waals surface area contributed by atoms with Crippen LogP contribution in [-0.4, -0.2) is 54.5 Å². The van der Waals surface area contributed by atoms with Gasteiger partial charge in [0, 0.05) is 32.5 Å². The number of aryl methyl sites for hydroxylation is 1. The van der Waals surface area contributed by atoms with Crippen molar-refractivity contribution in [1.29, 1.82) is 0 Å². The number of aliphatic hydroxyl groups excluding tert-OH is 1. The van der Waals surface area contributed by atoms with Gasteiger partial charge in [-0.2, -0.15) is 5.10 Å². The smallest absolute Gasteiger partial charge is 0.414 e. The Hall–Kier alpha value is -2.42. The summed E-state index contributed by atoms with van der Waals surface area (Å²) in [6.45, 7) is 0.156. The van der Waals surface area contributed by atoms with E-state index in [4.69, 9.17) is 19.3 Å². The SMILES string of the molecule is COC(OC)c1cc(-c2ccc(N3CC(CO)OC3=O)cc2)nn1C. The van der Waals surface area contributed by atoms with Gasteiger partial charge in [0.15, 0.2) is 6.29 Å². The molecule has 2 aromatic rings. The second kappa shape index (κ2) is 7.22. The van der Waals surface area contributed by atoms with E-state index in [-0.39, 0.29) is 6.61 Å². The summed E-state index contributed by atoms with van der Waals surface area (Å²) in [5.41, 5.74) is 3.20. The minimum atomic E-state index is -0.486. The Labute approximate surface area is 145 Å². The van der Waals surface area contributed by atoms with Crippen LogP contribution >= 0.6 is 0 Å². The molecule has 0 aliphatic carbocycles. The quantitative estimate of drug-likeness (QED) is 0.801. The first-order valence-corrected chi connectivity index (χ1v) is 7.86. The van der Waals surface area contributed by atoms with E-state index in [9.17, 15) is 4.79 Å². The molecule has 1 aromatic heterocycles. The Balaban J connectivity index is 1.81. The van der Waals surface area contributed by atoms with Gasteiger partial charge >= 0.3 is 6.09 Å². The number of carbonyl (C=O) groups excluding carboxylic acids is 1. The summed E-state index contributed by atoms with van der Waals surface area (Å²) in [5.74, 6) is 0. The van der Waals surface area contributed by atoms with Gasteiger partial charge < -0.3 is 19.3 Å². The molecule has 0 bridgehead atoms. The number of benzene rings is 1. The fraction of sp³-hybridized carbons (Fsp3) is 0.412. The first-order chi connectivity index (χ1) is 12.1. The lowest BCUT2D eigenvalue weighted by Crippen LogP contribution is -2.25. The van der Waals surface area contributed by atoms with Crippen LogP contribution in [0.4, 0.5) is 10.5 Å². The van der Waals surface area contributed by atoms with Gasteiger partial charge in [-0.1, -0.05) is 12.1 Å². The van der Waals surface area contributed by atoms with E-state index in [0.29, 0.717) is 12.2 Å². The van der Waals surface area contributed by atoms with Crippen molar-refractivity contribution in [3.8, 4) is 11.3 Å². The van der Waals surface area contributed by atoms with Crippen LogP contribution in [0.3, 0.4) is 0 Å². The highest BCUT2D eigenvalue weighted by molar-refractivity contribution is 5.90. The Morgan fingerprint density at radius 2 is 2.00 bits per heavy atom. The first kappa shape index (κ1) is 17.4. The Bertz CT molecular complexity index is 739. The van der Waals surface area contributed by atoms with E-state index >= 15 is 0 Å². The second-order valence-corrected chi connectivity index (χ2v) is 5.73. The highest BCUT2D eigenvalue weighted by atomic mass is 16.7. The molecule has 1 aliphatic rings. The molecule has 1 fully saturated rings. The fourth-order valence-electron chi connectivity index (χ4n) is 2.82. The van der Waals surface area contributed by atoms with Crippen molar-refractivity contribution in [3.05, 3.63) is 36.0 Å². The predicted molar refractivity (Wildman–Crippen MR) is 90.1 cm³/mol. The van der Waals surface area contributed by atoms with E-state index in [1.165, 1.54) is 4.90 Å². The lowest BCUT2D eigenvalue weighted by Gasteiger charge is -2.13. The van der Waals surface area contributed by atoms with Crippen LogP contribution in [0.5, 0.6) is 0 Å². The molecule has 8 heteroatoms. The third-order valence-electron chi connectivity index (χ3n) is 4.14. The molecule has 1 saturated heterocycles. The van der Waals surface area contributed by atoms with E-state index in [1.807, 2.05) is 37.4 Å². The first-order valence-electron chi connectivity index (χ1n) is 7.86. The number of aliphatic hydroxyl groups is 1. The number of hydrogen-bond acceptors (Lipinski definition) is 6. The molecule has 1 aromatic carbocycles. The van der Waals surface area contributed by atoms with Crippen molar-refractivity contribution in [2.75, 3.05) is 32.3 Å². The van der Waals surface area contributed by atoms with Crippen LogP contribution < -0.4 is 4.90 Å². The van der Waals surface area contributed by atoms with Gasteiger partial charge in [-0.05, 0) is 18.2 Å². The summed E-state index contributed by atoms with van der Waals surface area (Å²) in [4.78, 5) is 13.3. The Morgan fingerprint density at radius 3 is 2.56 bits per heavy atom. The van der Waals surface area contributed by atoms with Crippen LogP contribution in [0.15, 0.2) is 30.3 Å². The lowest BCUT2D eigenvalue weighted by atomic mass is 10.1. The normalized spacial score (nSPS) is 17.4. The second-order valence-electron chi connectivity index (χ2n) is 5.73. The summed E-state index contributed by atoms with van der Waals surface area (Å²) in [6, 6.07) is 9.33. The highest BCUT2D eigenvalue weighted by Gasteiger charge is 2.31. The number of aromatic nitrogens is 2. The number of methoxy groups -OCH3 is 2. The summed E-state index contributed by atoms with van der Waals surface area (Å²) in [6.07, 6.45) is -1.42. The number of amides is 1. The topological polar surface area (TPSA) is 86.1 Å². The lowest BCUT2D eigenvalue weighted by molar-refractivity contribution is -0.110. The summed E-state index contributed by atoms with van der Waals surface area (Å²) >= 11 is 0.